The summed E-state index contributed by atoms with van der Waals surface area (Å²) in [5.74, 6) is -1.62. The smallest absolute Gasteiger partial charge is 0.249 e. The lowest BCUT2D eigenvalue weighted by molar-refractivity contribution is 0.580. The summed E-state index contributed by atoms with van der Waals surface area (Å²) in [5, 5.41) is 6.41. The maximum absolute atomic E-state index is 13.4. The maximum atomic E-state index is 13.4. The maximum Gasteiger partial charge on any atom is 0.249 e. The summed E-state index contributed by atoms with van der Waals surface area (Å²) < 4.78 is 31.6. The molecule has 0 saturated heterocycles. The molecule has 2 heterocycles. The van der Waals surface area contributed by atoms with E-state index in [0.29, 0.717) is 6.07 Å². The monoisotopic (exact) mass is 289 g/mol. The zero-order valence-corrected chi connectivity index (χ0v) is 9.98. The molecule has 2 aromatic heterocycles. The highest BCUT2D eigenvalue weighted by atomic mass is 35.5. The van der Waals surface area contributed by atoms with Crippen LogP contribution in [-0.4, -0.2) is 15.2 Å². The predicted molar refractivity (Wildman–Crippen MR) is 61.5 cm³/mol. The summed E-state index contributed by atoms with van der Waals surface area (Å²) in [5.41, 5.74) is 0.0111. The number of oxazole rings is 1. The number of aromatic nitrogens is 3. The molecule has 3 rings (SSSR count). The third-order valence-electron chi connectivity index (χ3n) is 2.28. The van der Waals surface area contributed by atoms with Crippen LogP contribution in [0, 0.1) is 11.6 Å². The fraction of sp³-hybridized carbons (Fsp3) is 0. The third-order valence-corrected chi connectivity index (χ3v) is 3.02. The van der Waals surface area contributed by atoms with E-state index in [-0.39, 0.29) is 32.9 Å². The van der Waals surface area contributed by atoms with Crippen LogP contribution in [0.25, 0.3) is 22.7 Å². The molecule has 3 aromatic rings. The third kappa shape index (κ3) is 1.65. The first-order valence-electron chi connectivity index (χ1n) is 4.71. The van der Waals surface area contributed by atoms with E-state index in [0.717, 1.165) is 6.07 Å². The van der Waals surface area contributed by atoms with E-state index in [9.17, 15) is 8.78 Å². The fourth-order valence-corrected chi connectivity index (χ4v) is 1.80. The number of hydrogen-bond acceptors (Lipinski definition) is 3. The molecule has 4 nitrogen and oxygen atoms in total. The van der Waals surface area contributed by atoms with Crippen LogP contribution >= 0.6 is 23.2 Å². The lowest BCUT2D eigenvalue weighted by Gasteiger charge is -1.89. The Morgan fingerprint density at radius 1 is 1.22 bits per heavy atom. The summed E-state index contributed by atoms with van der Waals surface area (Å²) in [6, 6.07) is 1.74. The van der Waals surface area contributed by atoms with E-state index in [1.807, 2.05) is 0 Å². The molecule has 0 aliphatic rings. The molecule has 1 aromatic carbocycles. The van der Waals surface area contributed by atoms with Gasteiger partial charge in [-0.2, -0.15) is 5.10 Å². The van der Waals surface area contributed by atoms with Crippen molar-refractivity contribution in [3.8, 4) is 11.6 Å². The van der Waals surface area contributed by atoms with Gasteiger partial charge in [0.2, 0.25) is 5.89 Å². The number of hydrogen-bond donors (Lipinski definition) is 1. The van der Waals surface area contributed by atoms with Crippen LogP contribution in [0.1, 0.15) is 0 Å². The fourth-order valence-electron chi connectivity index (χ4n) is 1.51. The molecule has 0 unspecified atom stereocenters. The Kier molecular flexibility index (Phi) is 2.49. The molecule has 0 bridgehead atoms. The van der Waals surface area contributed by atoms with Gasteiger partial charge >= 0.3 is 0 Å². The van der Waals surface area contributed by atoms with Crippen molar-refractivity contribution in [2.45, 2.75) is 0 Å². The van der Waals surface area contributed by atoms with Crippen LogP contribution in [-0.2, 0) is 0 Å². The second kappa shape index (κ2) is 3.93. The van der Waals surface area contributed by atoms with Crippen LogP contribution in [0.3, 0.4) is 0 Å². The van der Waals surface area contributed by atoms with Crippen LogP contribution in [0.2, 0.25) is 10.2 Å². The Balaban J connectivity index is 2.25. The average Bonchev–Trinajstić information content (AvgIpc) is 2.84. The summed E-state index contributed by atoms with van der Waals surface area (Å²) in [7, 11) is 0. The van der Waals surface area contributed by atoms with Crippen molar-refractivity contribution < 1.29 is 13.2 Å². The highest BCUT2D eigenvalue weighted by molar-refractivity contribution is 6.42. The number of nitrogens with zero attached hydrogens (tertiary/aromatic N) is 2. The Morgan fingerprint density at radius 3 is 2.67 bits per heavy atom. The molecular formula is C10H3Cl2F2N3O. The Bertz CT molecular complexity index is 753. The van der Waals surface area contributed by atoms with Gasteiger partial charge in [-0.25, -0.2) is 13.8 Å². The highest BCUT2D eigenvalue weighted by Crippen LogP contribution is 2.33. The topological polar surface area (TPSA) is 54.7 Å². The Labute approximate surface area is 109 Å². The Hall–Kier alpha value is -1.66. The lowest BCUT2D eigenvalue weighted by Crippen LogP contribution is -1.81. The minimum atomic E-state index is -0.822. The van der Waals surface area contributed by atoms with E-state index < -0.39 is 11.6 Å². The SMILES string of the molecule is Fc1cc(F)c2nc(-c3n[nH]c(Cl)c3Cl)oc2c1. The van der Waals surface area contributed by atoms with Crippen molar-refractivity contribution in [3.63, 3.8) is 0 Å². The number of benzene rings is 1. The van der Waals surface area contributed by atoms with Gasteiger partial charge in [0.25, 0.3) is 0 Å². The van der Waals surface area contributed by atoms with Gasteiger partial charge in [0.15, 0.2) is 17.1 Å². The standard InChI is InChI=1S/C10H3Cl2F2N3O/c11-6-8(16-17-9(6)12)10-15-7-4(14)1-3(13)2-5(7)18-10/h1-2H,(H,16,17). The predicted octanol–water partition coefficient (Wildman–Crippen LogP) is 3.80. The molecule has 0 aliphatic carbocycles. The summed E-state index contributed by atoms with van der Waals surface area (Å²) in [6.07, 6.45) is 0. The molecule has 8 heteroatoms. The number of H-pyrrole nitrogens is 1. The number of halogens is 4. The van der Waals surface area contributed by atoms with Gasteiger partial charge in [0, 0.05) is 12.1 Å². The minimum absolute atomic E-state index is 0.0299. The molecule has 1 N–H and O–H groups in total. The molecule has 0 saturated carbocycles. The molecule has 92 valence electrons. The largest absolute Gasteiger partial charge is 0.434 e. The van der Waals surface area contributed by atoms with Gasteiger partial charge in [-0.3, -0.25) is 5.10 Å². The van der Waals surface area contributed by atoms with E-state index in [2.05, 4.69) is 15.2 Å². The normalized spacial score (nSPS) is 11.3. The summed E-state index contributed by atoms with van der Waals surface area (Å²) >= 11 is 11.5. The van der Waals surface area contributed by atoms with Crippen molar-refractivity contribution in [2.24, 2.45) is 0 Å². The van der Waals surface area contributed by atoms with Gasteiger partial charge < -0.3 is 4.42 Å². The molecule has 0 atom stereocenters. The number of aromatic amines is 1. The molecule has 0 spiro atoms. The van der Waals surface area contributed by atoms with Crippen LogP contribution in [0.5, 0.6) is 0 Å². The van der Waals surface area contributed by atoms with Crippen molar-refractivity contribution in [1.82, 2.24) is 15.2 Å². The van der Waals surface area contributed by atoms with Gasteiger partial charge in [0.1, 0.15) is 21.5 Å². The van der Waals surface area contributed by atoms with E-state index >= 15 is 0 Å². The van der Waals surface area contributed by atoms with E-state index in [1.54, 1.807) is 0 Å². The molecule has 0 aliphatic heterocycles. The Morgan fingerprint density at radius 2 is 2.00 bits per heavy atom. The van der Waals surface area contributed by atoms with Crippen molar-refractivity contribution >= 4 is 34.3 Å². The second-order valence-electron chi connectivity index (χ2n) is 3.45. The first-order chi connectivity index (χ1) is 8.56. The molecule has 0 radical (unpaired) electrons. The minimum Gasteiger partial charge on any atom is -0.434 e. The number of fused-ring (bicyclic) bond motifs is 1. The van der Waals surface area contributed by atoms with E-state index in [4.69, 9.17) is 27.6 Å². The number of nitrogens with one attached hydrogen (secondary N) is 1. The molecule has 18 heavy (non-hydrogen) atoms. The van der Waals surface area contributed by atoms with Gasteiger partial charge in [-0.05, 0) is 0 Å². The molecule has 0 fully saturated rings. The first-order valence-corrected chi connectivity index (χ1v) is 5.47. The molecule has 0 amide bonds. The van der Waals surface area contributed by atoms with Gasteiger partial charge in [-0.15, -0.1) is 0 Å². The van der Waals surface area contributed by atoms with Crippen LogP contribution < -0.4 is 0 Å². The van der Waals surface area contributed by atoms with Crippen molar-refractivity contribution in [1.29, 1.82) is 0 Å². The quantitative estimate of drug-likeness (QED) is 0.741. The number of rotatable bonds is 1. The second-order valence-corrected chi connectivity index (χ2v) is 4.21. The van der Waals surface area contributed by atoms with Crippen molar-refractivity contribution in [3.05, 3.63) is 33.9 Å². The lowest BCUT2D eigenvalue weighted by atomic mass is 10.3. The van der Waals surface area contributed by atoms with Crippen molar-refractivity contribution in [2.75, 3.05) is 0 Å². The summed E-state index contributed by atoms with van der Waals surface area (Å²) in [6.45, 7) is 0. The van der Waals surface area contributed by atoms with Gasteiger partial charge in [-0.1, -0.05) is 23.2 Å². The summed E-state index contributed by atoms with van der Waals surface area (Å²) in [4.78, 5) is 3.86. The molecular weight excluding hydrogens is 287 g/mol. The highest BCUT2D eigenvalue weighted by Gasteiger charge is 2.19. The zero-order chi connectivity index (χ0) is 12.9. The van der Waals surface area contributed by atoms with Crippen LogP contribution in [0.15, 0.2) is 16.5 Å². The van der Waals surface area contributed by atoms with Crippen LogP contribution in [0.4, 0.5) is 8.78 Å². The zero-order valence-electron chi connectivity index (χ0n) is 8.47. The van der Waals surface area contributed by atoms with E-state index in [1.165, 1.54) is 0 Å². The van der Waals surface area contributed by atoms with Gasteiger partial charge in [0.05, 0.1) is 0 Å². The average molecular weight is 290 g/mol. The first kappa shape index (κ1) is 11.4.